The number of anilines is 1. The molecule has 0 saturated carbocycles. The SMILES string of the molecule is O=C(Nc1ccc2sccc2c1)c1ccc2c(c1)OCCO2. The molecule has 0 bridgehead atoms. The lowest BCUT2D eigenvalue weighted by atomic mass is 10.1. The van der Waals surface area contributed by atoms with Crippen molar-refractivity contribution in [3.63, 3.8) is 0 Å². The molecule has 22 heavy (non-hydrogen) atoms. The molecule has 4 rings (SSSR count). The number of benzene rings is 2. The highest BCUT2D eigenvalue weighted by molar-refractivity contribution is 7.17. The molecular formula is C17H13NO3S. The van der Waals surface area contributed by atoms with Gasteiger partial charge in [0.1, 0.15) is 13.2 Å². The summed E-state index contributed by atoms with van der Waals surface area (Å²) >= 11 is 1.68. The molecule has 5 heteroatoms. The Morgan fingerprint density at radius 3 is 2.77 bits per heavy atom. The molecule has 2 heterocycles. The summed E-state index contributed by atoms with van der Waals surface area (Å²) in [5, 5.41) is 6.08. The van der Waals surface area contributed by atoms with Crippen molar-refractivity contribution in [2.75, 3.05) is 18.5 Å². The quantitative estimate of drug-likeness (QED) is 0.780. The van der Waals surface area contributed by atoms with Gasteiger partial charge in [-0.3, -0.25) is 4.79 Å². The molecule has 0 saturated heterocycles. The average Bonchev–Trinajstić information content (AvgIpc) is 3.02. The zero-order valence-electron chi connectivity index (χ0n) is 11.7. The molecule has 1 amide bonds. The van der Waals surface area contributed by atoms with Crippen molar-refractivity contribution in [2.45, 2.75) is 0 Å². The van der Waals surface area contributed by atoms with Crippen molar-refractivity contribution in [3.05, 3.63) is 53.4 Å². The van der Waals surface area contributed by atoms with Crippen LogP contribution in [0.2, 0.25) is 0 Å². The number of carbonyl (C=O) groups excluding carboxylic acids is 1. The van der Waals surface area contributed by atoms with Gasteiger partial charge in [-0.25, -0.2) is 0 Å². The van der Waals surface area contributed by atoms with E-state index in [9.17, 15) is 4.79 Å². The Bertz CT molecular complexity index is 856. The predicted octanol–water partition coefficient (Wildman–Crippen LogP) is 3.92. The molecular weight excluding hydrogens is 298 g/mol. The normalized spacial score (nSPS) is 13.1. The maximum atomic E-state index is 12.4. The minimum atomic E-state index is -0.161. The van der Waals surface area contributed by atoms with Crippen molar-refractivity contribution in [1.82, 2.24) is 0 Å². The maximum absolute atomic E-state index is 12.4. The maximum Gasteiger partial charge on any atom is 0.255 e. The largest absolute Gasteiger partial charge is 0.486 e. The van der Waals surface area contributed by atoms with Crippen molar-refractivity contribution in [3.8, 4) is 11.5 Å². The topological polar surface area (TPSA) is 47.6 Å². The zero-order valence-corrected chi connectivity index (χ0v) is 12.5. The number of hydrogen-bond acceptors (Lipinski definition) is 4. The van der Waals surface area contributed by atoms with E-state index in [-0.39, 0.29) is 5.91 Å². The third kappa shape index (κ3) is 2.40. The first-order valence-electron chi connectivity index (χ1n) is 6.98. The molecule has 0 spiro atoms. The van der Waals surface area contributed by atoms with Crippen molar-refractivity contribution >= 4 is 33.0 Å². The van der Waals surface area contributed by atoms with E-state index in [1.807, 2.05) is 29.6 Å². The molecule has 0 fully saturated rings. The molecule has 2 aromatic carbocycles. The fourth-order valence-corrected chi connectivity index (χ4v) is 3.20. The summed E-state index contributed by atoms with van der Waals surface area (Å²) in [6, 6.07) is 13.2. The van der Waals surface area contributed by atoms with Crippen LogP contribution in [0.4, 0.5) is 5.69 Å². The van der Waals surface area contributed by atoms with E-state index in [1.165, 1.54) is 4.70 Å². The van der Waals surface area contributed by atoms with E-state index in [0.29, 0.717) is 30.3 Å². The summed E-state index contributed by atoms with van der Waals surface area (Å²) in [7, 11) is 0. The number of amides is 1. The standard InChI is InChI=1S/C17H13NO3S/c19-17(12-1-3-14-15(10-12)21-7-6-20-14)18-13-2-4-16-11(9-13)5-8-22-16/h1-5,8-10H,6-7H2,(H,18,19). The van der Waals surface area contributed by atoms with Crippen LogP contribution in [0.1, 0.15) is 10.4 Å². The van der Waals surface area contributed by atoms with Crippen molar-refractivity contribution < 1.29 is 14.3 Å². The molecule has 1 aliphatic rings. The molecule has 0 radical (unpaired) electrons. The van der Waals surface area contributed by atoms with E-state index in [2.05, 4.69) is 5.32 Å². The molecule has 1 aromatic heterocycles. The zero-order chi connectivity index (χ0) is 14.9. The molecule has 1 N–H and O–H groups in total. The second-order valence-corrected chi connectivity index (χ2v) is 5.93. The van der Waals surface area contributed by atoms with Gasteiger partial charge in [0.05, 0.1) is 0 Å². The van der Waals surface area contributed by atoms with E-state index in [4.69, 9.17) is 9.47 Å². The van der Waals surface area contributed by atoms with E-state index >= 15 is 0 Å². The lowest BCUT2D eigenvalue weighted by molar-refractivity contribution is 0.102. The van der Waals surface area contributed by atoms with Crippen LogP contribution >= 0.6 is 11.3 Å². The Morgan fingerprint density at radius 1 is 1.00 bits per heavy atom. The highest BCUT2D eigenvalue weighted by Gasteiger charge is 2.15. The Balaban J connectivity index is 1.58. The molecule has 0 aliphatic carbocycles. The van der Waals surface area contributed by atoms with Gasteiger partial charge in [0, 0.05) is 16.0 Å². The van der Waals surface area contributed by atoms with Crippen LogP contribution in [0.3, 0.4) is 0 Å². The average molecular weight is 311 g/mol. The first-order valence-corrected chi connectivity index (χ1v) is 7.86. The smallest absolute Gasteiger partial charge is 0.255 e. The first kappa shape index (κ1) is 13.2. The fraction of sp³-hybridized carbons (Fsp3) is 0.118. The Kier molecular flexibility index (Phi) is 3.20. The van der Waals surface area contributed by atoms with Gasteiger partial charge in [-0.2, -0.15) is 0 Å². The number of carbonyl (C=O) groups is 1. The van der Waals surface area contributed by atoms with Crippen LogP contribution in [-0.2, 0) is 0 Å². The Labute approximate surface area is 131 Å². The van der Waals surface area contributed by atoms with Crippen LogP contribution in [0, 0.1) is 0 Å². The summed E-state index contributed by atoms with van der Waals surface area (Å²) < 4.78 is 12.2. The van der Waals surface area contributed by atoms with E-state index < -0.39 is 0 Å². The molecule has 4 nitrogen and oxygen atoms in total. The summed E-state index contributed by atoms with van der Waals surface area (Å²) in [6.07, 6.45) is 0. The molecule has 0 unspecified atom stereocenters. The fourth-order valence-electron chi connectivity index (χ4n) is 2.43. The highest BCUT2D eigenvalue weighted by Crippen LogP contribution is 2.31. The minimum Gasteiger partial charge on any atom is -0.486 e. The van der Waals surface area contributed by atoms with Crippen LogP contribution in [0.5, 0.6) is 11.5 Å². The second kappa shape index (κ2) is 5.35. The number of fused-ring (bicyclic) bond motifs is 2. The first-order chi connectivity index (χ1) is 10.8. The summed E-state index contributed by atoms with van der Waals surface area (Å²) in [6.45, 7) is 1.05. The van der Waals surface area contributed by atoms with Crippen LogP contribution in [-0.4, -0.2) is 19.1 Å². The third-order valence-electron chi connectivity index (χ3n) is 3.51. The van der Waals surface area contributed by atoms with Gasteiger partial charge in [-0.05, 0) is 53.2 Å². The van der Waals surface area contributed by atoms with Gasteiger partial charge in [0.15, 0.2) is 11.5 Å². The Hall–Kier alpha value is -2.53. The predicted molar refractivity (Wildman–Crippen MR) is 87.2 cm³/mol. The highest BCUT2D eigenvalue weighted by atomic mass is 32.1. The van der Waals surface area contributed by atoms with Gasteiger partial charge < -0.3 is 14.8 Å². The molecule has 0 atom stereocenters. The monoisotopic (exact) mass is 311 g/mol. The third-order valence-corrected chi connectivity index (χ3v) is 4.41. The van der Waals surface area contributed by atoms with Crippen LogP contribution in [0.15, 0.2) is 47.8 Å². The number of hydrogen-bond donors (Lipinski definition) is 1. The van der Waals surface area contributed by atoms with Gasteiger partial charge >= 0.3 is 0 Å². The van der Waals surface area contributed by atoms with Gasteiger partial charge in [0.2, 0.25) is 0 Å². The summed E-state index contributed by atoms with van der Waals surface area (Å²) in [5.41, 5.74) is 1.33. The molecule has 110 valence electrons. The van der Waals surface area contributed by atoms with Crippen molar-refractivity contribution in [1.29, 1.82) is 0 Å². The van der Waals surface area contributed by atoms with Crippen LogP contribution in [0.25, 0.3) is 10.1 Å². The van der Waals surface area contributed by atoms with E-state index in [1.54, 1.807) is 29.5 Å². The van der Waals surface area contributed by atoms with E-state index in [0.717, 1.165) is 11.1 Å². The molecule has 1 aliphatic heterocycles. The number of rotatable bonds is 2. The molecule has 3 aromatic rings. The van der Waals surface area contributed by atoms with Gasteiger partial charge in [-0.15, -0.1) is 11.3 Å². The number of nitrogens with one attached hydrogen (secondary N) is 1. The van der Waals surface area contributed by atoms with Gasteiger partial charge in [-0.1, -0.05) is 0 Å². The van der Waals surface area contributed by atoms with Crippen molar-refractivity contribution in [2.24, 2.45) is 0 Å². The second-order valence-electron chi connectivity index (χ2n) is 4.99. The number of thiophene rings is 1. The summed E-state index contributed by atoms with van der Waals surface area (Å²) in [4.78, 5) is 12.4. The van der Waals surface area contributed by atoms with Gasteiger partial charge in [0.25, 0.3) is 5.91 Å². The lowest BCUT2D eigenvalue weighted by Gasteiger charge is -2.18. The van der Waals surface area contributed by atoms with Crippen LogP contribution < -0.4 is 14.8 Å². The summed E-state index contributed by atoms with van der Waals surface area (Å²) in [5.74, 6) is 1.14. The minimum absolute atomic E-state index is 0.161. The lowest BCUT2D eigenvalue weighted by Crippen LogP contribution is -2.17. The Morgan fingerprint density at radius 2 is 1.86 bits per heavy atom. The number of ether oxygens (including phenoxy) is 2.